The van der Waals surface area contributed by atoms with Gasteiger partial charge in [-0.2, -0.15) is 0 Å². The molecule has 1 aromatic carbocycles. The van der Waals surface area contributed by atoms with Crippen LogP contribution in [-0.2, 0) is 12.2 Å². The average Bonchev–Trinajstić information content (AvgIpc) is 3.11. The van der Waals surface area contributed by atoms with Gasteiger partial charge in [-0.05, 0) is 49.2 Å². The Bertz CT molecular complexity index is 813. The van der Waals surface area contributed by atoms with E-state index in [1.54, 1.807) is 30.2 Å². The van der Waals surface area contributed by atoms with Gasteiger partial charge in [0.15, 0.2) is 5.76 Å². The van der Waals surface area contributed by atoms with Crippen LogP contribution in [0.3, 0.4) is 0 Å². The Morgan fingerprint density at radius 1 is 1.16 bits per heavy atom. The number of aromatic nitrogens is 1. The van der Waals surface area contributed by atoms with Crippen LogP contribution in [0.2, 0.25) is 0 Å². The highest BCUT2D eigenvalue weighted by molar-refractivity contribution is 7.98. The zero-order chi connectivity index (χ0) is 17.5. The number of pyridine rings is 1. The summed E-state index contributed by atoms with van der Waals surface area (Å²) in [6, 6.07) is 15.8. The summed E-state index contributed by atoms with van der Waals surface area (Å²) >= 11 is 1.69. The second kappa shape index (κ2) is 8.53. The van der Waals surface area contributed by atoms with E-state index in [0.29, 0.717) is 18.1 Å². The number of rotatable bonds is 7. The lowest BCUT2D eigenvalue weighted by atomic mass is 10.2. The van der Waals surface area contributed by atoms with Crippen LogP contribution in [-0.4, -0.2) is 17.4 Å². The fourth-order valence-corrected chi connectivity index (χ4v) is 3.11. The van der Waals surface area contributed by atoms with Gasteiger partial charge in [-0.25, -0.2) is 0 Å². The SMILES string of the molecule is Cc1ccc(SCc2ccc(C(=O)NCCc3cccnc3)o2)cc1. The van der Waals surface area contributed by atoms with Crippen molar-refractivity contribution in [1.82, 2.24) is 10.3 Å². The number of thioether (sulfide) groups is 1. The molecule has 0 fully saturated rings. The summed E-state index contributed by atoms with van der Waals surface area (Å²) in [6.07, 6.45) is 4.29. The molecule has 2 aromatic heterocycles. The molecule has 0 radical (unpaired) electrons. The molecule has 0 spiro atoms. The van der Waals surface area contributed by atoms with Gasteiger partial charge in [0.05, 0.1) is 5.75 Å². The number of carbonyl (C=O) groups is 1. The van der Waals surface area contributed by atoms with Gasteiger partial charge in [0.2, 0.25) is 0 Å². The van der Waals surface area contributed by atoms with E-state index >= 15 is 0 Å². The van der Waals surface area contributed by atoms with E-state index in [-0.39, 0.29) is 5.91 Å². The molecule has 1 N–H and O–H groups in total. The van der Waals surface area contributed by atoms with Crippen LogP contribution >= 0.6 is 11.8 Å². The van der Waals surface area contributed by atoms with Crippen molar-refractivity contribution in [1.29, 1.82) is 0 Å². The topological polar surface area (TPSA) is 55.1 Å². The van der Waals surface area contributed by atoms with Crippen molar-refractivity contribution in [2.45, 2.75) is 24.0 Å². The first kappa shape index (κ1) is 17.3. The number of hydrogen-bond donors (Lipinski definition) is 1. The normalized spacial score (nSPS) is 10.6. The minimum absolute atomic E-state index is 0.185. The molecule has 1 amide bonds. The standard InChI is InChI=1S/C20H20N2O2S/c1-15-4-7-18(8-5-15)25-14-17-6-9-19(24-17)20(23)22-12-10-16-3-2-11-21-13-16/h2-9,11,13H,10,12,14H2,1H3,(H,22,23). The van der Waals surface area contributed by atoms with Crippen LogP contribution in [0.4, 0.5) is 0 Å². The van der Waals surface area contributed by atoms with E-state index in [4.69, 9.17) is 4.42 Å². The first-order valence-corrected chi connectivity index (χ1v) is 9.14. The number of hydrogen-bond acceptors (Lipinski definition) is 4. The van der Waals surface area contributed by atoms with Gasteiger partial charge in [-0.3, -0.25) is 9.78 Å². The quantitative estimate of drug-likeness (QED) is 0.646. The Morgan fingerprint density at radius 2 is 2.00 bits per heavy atom. The predicted octanol–water partition coefficient (Wildman–Crippen LogP) is 4.25. The molecular formula is C20H20N2O2S. The Labute approximate surface area is 151 Å². The molecule has 0 aliphatic rings. The van der Waals surface area contributed by atoms with E-state index in [0.717, 1.165) is 17.7 Å². The van der Waals surface area contributed by atoms with Crippen molar-refractivity contribution in [3.8, 4) is 0 Å². The molecular weight excluding hydrogens is 332 g/mol. The largest absolute Gasteiger partial charge is 0.455 e. The van der Waals surface area contributed by atoms with Gasteiger partial charge in [0, 0.05) is 23.8 Å². The lowest BCUT2D eigenvalue weighted by Crippen LogP contribution is -2.25. The number of furan rings is 1. The van der Waals surface area contributed by atoms with Gasteiger partial charge in [-0.1, -0.05) is 23.8 Å². The molecule has 0 unspecified atom stereocenters. The smallest absolute Gasteiger partial charge is 0.287 e. The molecule has 0 aliphatic carbocycles. The molecule has 25 heavy (non-hydrogen) atoms. The molecule has 0 aliphatic heterocycles. The Hall–Kier alpha value is -2.53. The summed E-state index contributed by atoms with van der Waals surface area (Å²) in [4.78, 5) is 17.4. The highest BCUT2D eigenvalue weighted by atomic mass is 32.2. The average molecular weight is 352 g/mol. The first-order chi connectivity index (χ1) is 12.2. The highest BCUT2D eigenvalue weighted by Crippen LogP contribution is 2.24. The molecule has 0 saturated heterocycles. The van der Waals surface area contributed by atoms with E-state index in [9.17, 15) is 4.79 Å². The maximum Gasteiger partial charge on any atom is 0.287 e. The van der Waals surface area contributed by atoms with Gasteiger partial charge in [0.1, 0.15) is 5.76 Å². The van der Waals surface area contributed by atoms with Crippen molar-refractivity contribution in [2.24, 2.45) is 0 Å². The zero-order valence-corrected chi connectivity index (χ0v) is 14.9. The fourth-order valence-electron chi connectivity index (χ4n) is 2.32. The van der Waals surface area contributed by atoms with Crippen LogP contribution in [0, 0.1) is 6.92 Å². The van der Waals surface area contributed by atoms with Crippen molar-refractivity contribution < 1.29 is 9.21 Å². The minimum Gasteiger partial charge on any atom is -0.455 e. The lowest BCUT2D eigenvalue weighted by molar-refractivity contribution is 0.0925. The number of nitrogens with zero attached hydrogens (tertiary/aromatic N) is 1. The molecule has 3 rings (SSSR count). The zero-order valence-electron chi connectivity index (χ0n) is 14.1. The van der Waals surface area contributed by atoms with Gasteiger partial charge < -0.3 is 9.73 Å². The highest BCUT2D eigenvalue weighted by Gasteiger charge is 2.11. The summed E-state index contributed by atoms with van der Waals surface area (Å²) in [6.45, 7) is 2.62. The molecule has 3 aromatic rings. The molecule has 4 nitrogen and oxygen atoms in total. The molecule has 2 heterocycles. The molecule has 0 bridgehead atoms. The second-order valence-electron chi connectivity index (χ2n) is 5.73. The summed E-state index contributed by atoms with van der Waals surface area (Å²) < 4.78 is 5.65. The third-order valence-electron chi connectivity index (χ3n) is 3.71. The van der Waals surface area contributed by atoms with Crippen LogP contribution in [0.1, 0.15) is 27.4 Å². The fraction of sp³-hybridized carbons (Fsp3) is 0.200. The van der Waals surface area contributed by atoms with Crippen molar-refractivity contribution in [2.75, 3.05) is 6.54 Å². The maximum absolute atomic E-state index is 12.1. The predicted molar refractivity (Wildman–Crippen MR) is 99.7 cm³/mol. The van der Waals surface area contributed by atoms with Crippen molar-refractivity contribution >= 4 is 17.7 Å². The lowest BCUT2D eigenvalue weighted by Gasteiger charge is -2.03. The number of benzene rings is 1. The number of carbonyl (C=O) groups excluding carboxylic acids is 1. The van der Waals surface area contributed by atoms with Gasteiger partial charge in [0.25, 0.3) is 5.91 Å². The van der Waals surface area contributed by atoms with E-state index in [1.165, 1.54) is 10.5 Å². The minimum atomic E-state index is -0.185. The molecule has 0 atom stereocenters. The number of amides is 1. The molecule has 128 valence electrons. The molecule has 5 heteroatoms. The first-order valence-electron chi connectivity index (χ1n) is 8.16. The van der Waals surface area contributed by atoms with E-state index in [1.807, 2.05) is 18.2 Å². The second-order valence-corrected chi connectivity index (χ2v) is 6.78. The molecule has 0 saturated carbocycles. The van der Waals surface area contributed by atoms with Crippen LogP contribution in [0.5, 0.6) is 0 Å². The summed E-state index contributed by atoms with van der Waals surface area (Å²) in [5, 5.41) is 2.87. The van der Waals surface area contributed by atoms with Crippen LogP contribution < -0.4 is 5.32 Å². The Kier molecular flexibility index (Phi) is 5.90. The van der Waals surface area contributed by atoms with Crippen molar-refractivity contribution in [3.05, 3.63) is 83.6 Å². The van der Waals surface area contributed by atoms with E-state index < -0.39 is 0 Å². The van der Waals surface area contributed by atoms with E-state index in [2.05, 4.69) is 41.5 Å². The van der Waals surface area contributed by atoms with Crippen molar-refractivity contribution in [3.63, 3.8) is 0 Å². The van der Waals surface area contributed by atoms with Gasteiger partial charge >= 0.3 is 0 Å². The number of aryl methyl sites for hydroxylation is 1. The number of nitrogens with one attached hydrogen (secondary N) is 1. The summed E-state index contributed by atoms with van der Waals surface area (Å²) in [7, 11) is 0. The summed E-state index contributed by atoms with van der Waals surface area (Å²) in [5.74, 6) is 1.66. The van der Waals surface area contributed by atoms with Gasteiger partial charge in [-0.15, -0.1) is 11.8 Å². The van der Waals surface area contributed by atoms with Crippen LogP contribution in [0.15, 0.2) is 70.2 Å². The van der Waals surface area contributed by atoms with Crippen LogP contribution in [0.25, 0.3) is 0 Å². The Balaban J connectivity index is 1.47. The third-order valence-corrected chi connectivity index (χ3v) is 4.74. The maximum atomic E-state index is 12.1. The Morgan fingerprint density at radius 3 is 2.76 bits per heavy atom. The third kappa shape index (κ3) is 5.22. The summed E-state index contributed by atoms with van der Waals surface area (Å²) in [5.41, 5.74) is 2.34. The monoisotopic (exact) mass is 352 g/mol.